The summed E-state index contributed by atoms with van der Waals surface area (Å²) in [5.41, 5.74) is 1.75. The Bertz CT molecular complexity index is 834. The maximum Gasteiger partial charge on any atom is 0.230 e. The van der Waals surface area contributed by atoms with Crippen molar-refractivity contribution in [1.29, 1.82) is 5.26 Å². The number of rotatable bonds is 3. The first-order valence-corrected chi connectivity index (χ1v) is 6.71. The number of nitriles is 1. The molecule has 0 spiro atoms. The summed E-state index contributed by atoms with van der Waals surface area (Å²) in [6, 6.07) is 9.15. The molecule has 0 fully saturated rings. The molecule has 6 nitrogen and oxygen atoms in total. The molecule has 3 rings (SSSR count). The van der Waals surface area contributed by atoms with Crippen molar-refractivity contribution in [2.45, 2.75) is 6.54 Å². The van der Waals surface area contributed by atoms with E-state index in [9.17, 15) is 0 Å². The van der Waals surface area contributed by atoms with E-state index < -0.39 is 0 Å². The van der Waals surface area contributed by atoms with Gasteiger partial charge in [-0.05, 0) is 24.3 Å². The molecule has 0 saturated carbocycles. The number of nitrogens with zero attached hydrogens (tertiary/aromatic N) is 5. The van der Waals surface area contributed by atoms with Crippen LogP contribution >= 0.6 is 23.2 Å². The molecule has 0 aliphatic carbocycles. The smallest absolute Gasteiger partial charge is 0.230 e. The number of hydrogen-bond acceptors (Lipinski definition) is 5. The molecule has 3 aromatic rings. The fraction of sp³-hybridized carbons (Fsp3) is 0.0769. The molecule has 0 bridgehead atoms. The number of anilines is 2. The summed E-state index contributed by atoms with van der Waals surface area (Å²) in [5.74, 6) is 0.328. The minimum atomic E-state index is 0.143. The van der Waals surface area contributed by atoms with Gasteiger partial charge in [0.25, 0.3) is 0 Å². The van der Waals surface area contributed by atoms with E-state index in [0.29, 0.717) is 22.1 Å². The molecule has 21 heavy (non-hydrogen) atoms. The van der Waals surface area contributed by atoms with Gasteiger partial charge in [-0.25, -0.2) is 4.98 Å². The van der Waals surface area contributed by atoms with Crippen LogP contribution in [0.3, 0.4) is 0 Å². The molecule has 1 N–H and O–H groups in total. The lowest BCUT2D eigenvalue weighted by Crippen LogP contribution is -2.01. The molecule has 0 atom stereocenters. The predicted octanol–water partition coefficient (Wildman–Crippen LogP) is 3.40. The molecule has 0 saturated heterocycles. The van der Waals surface area contributed by atoms with Crippen LogP contribution in [-0.4, -0.2) is 19.5 Å². The quantitative estimate of drug-likeness (QED) is 0.749. The maximum atomic E-state index is 8.79. The van der Waals surface area contributed by atoms with Gasteiger partial charge in [-0.1, -0.05) is 23.2 Å². The van der Waals surface area contributed by atoms with Crippen LogP contribution in [0.25, 0.3) is 11.2 Å². The van der Waals surface area contributed by atoms with Gasteiger partial charge >= 0.3 is 0 Å². The SMILES string of the molecule is N#CCn1cnc2c(Cl)nc(Nc3ccc(Cl)cc3)nc21. The fourth-order valence-corrected chi connectivity index (χ4v) is 2.16. The topological polar surface area (TPSA) is 79.4 Å². The Morgan fingerprint density at radius 2 is 1.95 bits per heavy atom. The molecular formula is C13H8Cl2N6. The van der Waals surface area contributed by atoms with Crippen molar-refractivity contribution in [1.82, 2.24) is 19.5 Å². The number of imidazole rings is 1. The van der Waals surface area contributed by atoms with Gasteiger partial charge in [-0.15, -0.1) is 0 Å². The Balaban J connectivity index is 2.01. The highest BCUT2D eigenvalue weighted by molar-refractivity contribution is 6.33. The third-order valence-corrected chi connectivity index (χ3v) is 3.28. The average Bonchev–Trinajstić information content (AvgIpc) is 2.86. The molecule has 1 aromatic carbocycles. The number of hydrogen-bond donors (Lipinski definition) is 1. The molecule has 0 unspecified atom stereocenters. The van der Waals surface area contributed by atoms with E-state index in [1.54, 1.807) is 28.8 Å². The highest BCUT2D eigenvalue weighted by Gasteiger charge is 2.11. The predicted molar refractivity (Wildman–Crippen MR) is 80.7 cm³/mol. The lowest BCUT2D eigenvalue weighted by molar-refractivity contribution is 0.847. The second-order valence-corrected chi connectivity index (χ2v) is 4.97. The van der Waals surface area contributed by atoms with Crippen LogP contribution in [0.5, 0.6) is 0 Å². The minimum absolute atomic E-state index is 0.143. The first-order valence-electron chi connectivity index (χ1n) is 5.95. The monoisotopic (exact) mass is 318 g/mol. The van der Waals surface area contributed by atoms with Crippen molar-refractivity contribution < 1.29 is 0 Å². The maximum absolute atomic E-state index is 8.79. The van der Waals surface area contributed by atoms with E-state index in [2.05, 4.69) is 20.3 Å². The lowest BCUT2D eigenvalue weighted by atomic mass is 10.3. The third-order valence-electron chi connectivity index (χ3n) is 2.76. The second-order valence-electron chi connectivity index (χ2n) is 4.17. The van der Waals surface area contributed by atoms with Crippen molar-refractivity contribution in [2.24, 2.45) is 0 Å². The van der Waals surface area contributed by atoms with Crippen molar-refractivity contribution in [3.05, 3.63) is 40.8 Å². The Morgan fingerprint density at radius 3 is 2.67 bits per heavy atom. The van der Waals surface area contributed by atoms with E-state index in [1.807, 2.05) is 6.07 Å². The van der Waals surface area contributed by atoms with Gasteiger partial charge < -0.3 is 9.88 Å². The Morgan fingerprint density at radius 1 is 1.19 bits per heavy atom. The number of benzene rings is 1. The standard InChI is InChI=1S/C13H8Cl2N6/c14-8-1-3-9(4-2-8)18-13-19-11(15)10-12(20-13)21(6-5-16)7-17-10/h1-4,7H,6H2,(H,18,19,20). The van der Waals surface area contributed by atoms with Gasteiger partial charge in [0.15, 0.2) is 10.8 Å². The molecule has 2 heterocycles. The van der Waals surface area contributed by atoms with Gasteiger partial charge in [-0.2, -0.15) is 15.2 Å². The zero-order valence-electron chi connectivity index (χ0n) is 10.6. The Kier molecular flexibility index (Phi) is 3.60. The summed E-state index contributed by atoms with van der Waals surface area (Å²) in [6.45, 7) is 0.143. The van der Waals surface area contributed by atoms with Gasteiger partial charge in [0.1, 0.15) is 12.1 Å². The molecule has 0 radical (unpaired) electrons. The van der Waals surface area contributed by atoms with E-state index in [0.717, 1.165) is 5.69 Å². The van der Waals surface area contributed by atoms with E-state index in [4.69, 9.17) is 28.5 Å². The summed E-state index contributed by atoms with van der Waals surface area (Å²) in [7, 11) is 0. The second kappa shape index (κ2) is 5.56. The van der Waals surface area contributed by atoms with Crippen molar-refractivity contribution in [3.63, 3.8) is 0 Å². The molecule has 0 aliphatic rings. The van der Waals surface area contributed by atoms with Crippen LogP contribution in [-0.2, 0) is 6.54 Å². The minimum Gasteiger partial charge on any atom is -0.324 e. The van der Waals surface area contributed by atoms with Crippen LogP contribution in [0, 0.1) is 11.3 Å². The summed E-state index contributed by atoms with van der Waals surface area (Å²) >= 11 is 11.9. The summed E-state index contributed by atoms with van der Waals surface area (Å²) in [5, 5.41) is 12.7. The first-order chi connectivity index (χ1) is 10.2. The van der Waals surface area contributed by atoms with Crippen LogP contribution in [0.1, 0.15) is 0 Å². The van der Waals surface area contributed by atoms with E-state index in [-0.39, 0.29) is 11.7 Å². The molecule has 2 aromatic heterocycles. The van der Waals surface area contributed by atoms with Gasteiger partial charge in [0, 0.05) is 10.7 Å². The summed E-state index contributed by atoms with van der Waals surface area (Å²) < 4.78 is 1.61. The molecule has 0 aliphatic heterocycles. The number of nitrogens with one attached hydrogen (secondary N) is 1. The Labute approximate surface area is 130 Å². The van der Waals surface area contributed by atoms with Gasteiger partial charge in [0.2, 0.25) is 5.95 Å². The lowest BCUT2D eigenvalue weighted by Gasteiger charge is -2.06. The largest absolute Gasteiger partial charge is 0.324 e. The number of aromatic nitrogens is 4. The zero-order chi connectivity index (χ0) is 14.8. The zero-order valence-corrected chi connectivity index (χ0v) is 12.1. The summed E-state index contributed by atoms with van der Waals surface area (Å²) in [6.07, 6.45) is 1.51. The average molecular weight is 319 g/mol. The van der Waals surface area contributed by atoms with E-state index in [1.165, 1.54) is 6.33 Å². The van der Waals surface area contributed by atoms with Crippen LogP contribution < -0.4 is 5.32 Å². The first kappa shape index (κ1) is 13.6. The molecule has 0 amide bonds. The van der Waals surface area contributed by atoms with Crippen molar-refractivity contribution in [3.8, 4) is 6.07 Å². The number of halogens is 2. The van der Waals surface area contributed by atoms with Crippen LogP contribution in [0.2, 0.25) is 10.2 Å². The highest BCUT2D eigenvalue weighted by atomic mass is 35.5. The summed E-state index contributed by atoms with van der Waals surface area (Å²) in [4.78, 5) is 12.6. The fourth-order valence-electron chi connectivity index (χ4n) is 1.82. The van der Waals surface area contributed by atoms with Gasteiger partial charge in [0.05, 0.1) is 12.4 Å². The highest BCUT2D eigenvalue weighted by Crippen LogP contribution is 2.23. The van der Waals surface area contributed by atoms with E-state index >= 15 is 0 Å². The molecule has 104 valence electrons. The normalized spacial score (nSPS) is 10.5. The van der Waals surface area contributed by atoms with Gasteiger partial charge in [-0.3, -0.25) is 0 Å². The van der Waals surface area contributed by atoms with Crippen LogP contribution in [0.4, 0.5) is 11.6 Å². The Hall–Kier alpha value is -2.36. The molecular weight excluding hydrogens is 311 g/mol. The van der Waals surface area contributed by atoms with Crippen molar-refractivity contribution >= 4 is 46.0 Å². The van der Waals surface area contributed by atoms with Crippen LogP contribution in [0.15, 0.2) is 30.6 Å². The number of fused-ring (bicyclic) bond motifs is 1. The third kappa shape index (κ3) is 2.75. The molecule has 8 heteroatoms. The van der Waals surface area contributed by atoms with Crippen molar-refractivity contribution in [2.75, 3.05) is 5.32 Å².